The fourth-order valence-corrected chi connectivity index (χ4v) is 10.9. The Bertz CT molecular complexity index is 2380. The first-order chi connectivity index (χ1) is 23.7. The monoisotopic (exact) mass is 646 g/mol. The molecule has 0 amide bonds. The molecule has 246 valence electrons. The van der Waals surface area contributed by atoms with Crippen molar-refractivity contribution < 1.29 is 13.5 Å². The van der Waals surface area contributed by atoms with Crippen LogP contribution in [-0.4, -0.2) is 0 Å². The molecule has 2 aromatic heterocycles. The van der Waals surface area contributed by atoms with E-state index in [2.05, 4.69) is 143 Å². The number of pyridine rings is 2. The summed E-state index contributed by atoms with van der Waals surface area (Å²) in [6.07, 6.45) is 10.1. The van der Waals surface area contributed by atoms with Gasteiger partial charge in [0.05, 0.1) is 16.3 Å². The largest absolute Gasteiger partial charge is 0.246 e. The van der Waals surface area contributed by atoms with E-state index in [0.29, 0.717) is 0 Å². The smallest absolute Gasteiger partial charge is 0.207 e. The van der Waals surface area contributed by atoms with Gasteiger partial charge in [0.25, 0.3) is 0 Å². The van der Waals surface area contributed by atoms with E-state index in [4.69, 9.17) is 0 Å². The molecule has 6 aromatic rings. The molecule has 2 nitrogen and oxygen atoms in total. The van der Waals surface area contributed by atoms with Gasteiger partial charge in [-0.25, -0.2) is 4.39 Å². The fourth-order valence-electron chi connectivity index (χ4n) is 10.9. The van der Waals surface area contributed by atoms with E-state index in [1.54, 1.807) is 6.07 Å². The molecule has 1 aliphatic heterocycles. The molecule has 0 spiro atoms. The summed E-state index contributed by atoms with van der Waals surface area (Å²) in [6, 6.07) is 29.2. The molecule has 1 saturated carbocycles. The van der Waals surface area contributed by atoms with Gasteiger partial charge in [-0.15, -0.1) is 0 Å². The van der Waals surface area contributed by atoms with Gasteiger partial charge in [0, 0.05) is 35.1 Å². The molecule has 4 aromatic carbocycles. The predicted octanol–water partition coefficient (Wildman–Crippen LogP) is 10.7. The van der Waals surface area contributed by atoms with E-state index in [9.17, 15) is 0 Å². The number of unbranched alkanes of at least 4 members (excludes halogenated alkanes) is 1. The molecule has 49 heavy (non-hydrogen) atoms. The minimum absolute atomic E-state index is 0.0881. The number of aromatic nitrogens is 2. The van der Waals surface area contributed by atoms with Crippen molar-refractivity contribution in [2.75, 3.05) is 0 Å². The zero-order valence-electron chi connectivity index (χ0n) is 30.0. The second kappa shape index (κ2) is 10.3. The predicted molar refractivity (Wildman–Crippen MR) is 199 cm³/mol. The Labute approximate surface area is 290 Å². The lowest BCUT2D eigenvalue weighted by atomic mass is 9.65. The first kappa shape index (κ1) is 30.7. The van der Waals surface area contributed by atoms with Crippen LogP contribution in [0.15, 0.2) is 91.3 Å². The van der Waals surface area contributed by atoms with Crippen LogP contribution < -0.4 is 9.13 Å². The van der Waals surface area contributed by atoms with Crippen molar-refractivity contribution in [2.24, 2.45) is 0 Å². The van der Waals surface area contributed by atoms with Gasteiger partial charge in [0.15, 0.2) is 12.4 Å². The second-order valence-electron chi connectivity index (χ2n) is 15.7. The average molecular weight is 647 g/mol. The third-order valence-electron chi connectivity index (χ3n) is 13.1. The Morgan fingerprint density at radius 3 is 2.35 bits per heavy atom. The number of halogens is 1. The molecule has 0 bridgehead atoms. The molecule has 1 fully saturated rings. The standard InChI is InChI=1S/C46H47FN2/c1-8-11-14-30-19-20-35-38-32(30)24-26-49-42(38)39-36(21-22-37(47)40(39)44(35,6)7)45(9-2)43(46(45,49)10-3)48-25-23-31-15-12-13-16-33(31)41(48)34-27-28(4)17-18-29(34)5/h12-13,15-27,43H,8-11,14H2,1-7H3/q+2. The number of benzene rings is 4. The Balaban J connectivity index is 1.43. The Hall–Kier alpha value is -4.37. The summed E-state index contributed by atoms with van der Waals surface area (Å²) in [5.41, 5.74) is 11.5. The summed E-state index contributed by atoms with van der Waals surface area (Å²) in [5, 5.41) is 5.20. The molecule has 3 heteroatoms. The van der Waals surface area contributed by atoms with E-state index >= 15 is 4.39 Å². The maximum absolute atomic E-state index is 16.5. The second-order valence-corrected chi connectivity index (χ2v) is 15.7. The Morgan fingerprint density at radius 1 is 0.776 bits per heavy atom. The van der Waals surface area contributed by atoms with Gasteiger partial charge in [0.2, 0.25) is 23.0 Å². The molecule has 0 N–H and O–H groups in total. The van der Waals surface area contributed by atoms with E-state index in [1.165, 1.54) is 66.3 Å². The van der Waals surface area contributed by atoms with Crippen molar-refractivity contribution in [3.05, 3.63) is 130 Å². The Morgan fingerprint density at radius 2 is 1.57 bits per heavy atom. The highest BCUT2D eigenvalue weighted by Crippen LogP contribution is 2.74. The molecular formula is C46H47FN2+2. The van der Waals surface area contributed by atoms with Gasteiger partial charge >= 0.3 is 0 Å². The SMILES string of the molecule is CCCCc1ccc2c3c4[n+](ccc13)C1(CC)C([n+]3ccc5ccccc5c3-c3cc(C)ccc3C)C1(CC)c1ccc(F)c(c1-4)C2(C)C. The van der Waals surface area contributed by atoms with Crippen molar-refractivity contribution in [3.63, 3.8) is 0 Å². The van der Waals surface area contributed by atoms with Crippen molar-refractivity contribution >= 4 is 21.5 Å². The molecular weight excluding hydrogens is 600 g/mol. The lowest BCUT2D eigenvalue weighted by Gasteiger charge is -2.38. The first-order valence-electron chi connectivity index (χ1n) is 18.5. The lowest BCUT2D eigenvalue weighted by Crippen LogP contribution is -2.57. The van der Waals surface area contributed by atoms with Gasteiger partial charge in [-0.2, -0.15) is 9.13 Å². The quantitative estimate of drug-likeness (QED) is 0.153. The lowest BCUT2D eigenvalue weighted by molar-refractivity contribution is -0.783. The van der Waals surface area contributed by atoms with E-state index in [-0.39, 0.29) is 22.8 Å². The summed E-state index contributed by atoms with van der Waals surface area (Å²) < 4.78 is 21.8. The molecule has 3 atom stereocenters. The maximum Gasteiger partial charge on any atom is 0.246 e. The normalized spacial score (nSPS) is 22.4. The zero-order chi connectivity index (χ0) is 34.0. The summed E-state index contributed by atoms with van der Waals surface area (Å²) in [4.78, 5) is 0. The molecule has 3 unspecified atom stereocenters. The van der Waals surface area contributed by atoms with Gasteiger partial charge in [-0.3, -0.25) is 0 Å². The number of nitrogens with zero attached hydrogens (tertiary/aromatic N) is 2. The molecule has 3 aliphatic rings. The number of aryl methyl sites for hydroxylation is 3. The van der Waals surface area contributed by atoms with Gasteiger partial charge in [-0.1, -0.05) is 95.1 Å². The molecule has 9 rings (SSSR count). The maximum atomic E-state index is 16.5. The highest BCUT2D eigenvalue weighted by Gasteiger charge is 2.92. The Kier molecular flexibility index (Phi) is 6.46. The van der Waals surface area contributed by atoms with Crippen LogP contribution >= 0.6 is 0 Å². The van der Waals surface area contributed by atoms with E-state index in [0.717, 1.165) is 43.2 Å². The summed E-state index contributed by atoms with van der Waals surface area (Å²) in [6.45, 7) is 16.0. The van der Waals surface area contributed by atoms with Crippen LogP contribution in [0.1, 0.15) is 99.7 Å². The highest BCUT2D eigenvalue weighted by molar-refractivity contribution is 6.03. The average Bonchev–Trinajstić information content (AvgIpc) is 3.74. The van der Waals surface area contributed by atoms with Crippen LogP contribution in [-0.2, 0) is 22.8 Å². The van der Waals surface area contributed by atoms with Crippen LogP contribution in [0.3, 0.4) is 0 Å². The van der Waals surface area contributed by atoms with Crippen LogP contribution in [0.5, 0.6) is 0 Å². The third kappa shape index (κ3) is 3.61. The minimum atomic E-state index is -0.464. The van der Waals surface area contributed by atoms with Gasteiger partial charge < -0.3 is 0 Å². The number of fused-ring (bicyclic) bond motifs is 4. The van der Waals surface area contributed by atoms with Crippen LogP contribution in [0, 0.1) is 19.7 Å². The fraction of sp³-hybridized carbons (Fsp3) is 0.348. The molecule has 3 heterocycles. The van der Waals surface area contributed by atoms with Crippen LogP contribution in [0.2, 0.25) is 0 Å². The van der Waals surface area contributed by atoms with E-state index in [1.807, 2.05) is 0 Å². The van der Waals surface area contributed by atoms with Crippen molar-refractivity contribution in [2.45, 2.75) is 103 Å². The van der Waals surface area contributed by atoms with Crippen LogP contribution in [0.25, 0.3) is 44.1 Å². The number of hydrogen-bond acceptors (Lipinski definition) is 0. The summed E-state index contributed by atoms with van der Waals surface area (Å²) in [7, 11) is 0. The van der Waals surface area contributed by atoms with Gasteiger partial charge in [0.1, 0.15) is 11.2 Å². The molecule has 0 radical (unpaired) electrons. The summed E-state index contributed by atoms with van der Waals surface area (Å²) >= 11 is 0. The summed E-state index contributed by atoms with van der Waals surface area (Å²) in [5.74, 6) is -0.0881. The van der Waals surface area contributed by atoms with Crippen molar-refractivity contribution in [1.29, 1.82) is 0 Å². The highest BCUT2D eigenvalue weighted by atomic mass is 19.1. The third-order valence-corrected chi connectivity index (χ3v) is 13.1. The zero-order valence-corrected chi connectivity index (χ0v) is 30.0. The number of hydrogen-bond donors (Lipinski definition) is 0. The molecule has 2 aliphatic carbocycles. The van der Waals surface area contributed by atoms with Crippen molar-refractivity contribution in [1.82, 2.24) is 0 Å². The van der Waals surface area contributed by atoms with Crippen LogP contribution in [0.4, 0.5) is 4.39 Å². The first-order valence-corrected chi connectivity index (χ1v) is 18.5. The van der Waals surface area contributed by atoms with E-state index < -0.39 is 5.41 Å². The topological polar surface area (TPSA) is 7.76 Å². The van der Waals surface area contributed by atoms with Crippen molar-refractivity contribution in [3.8, 4) is 22.5 Å². The number of rotatable bonds is 7. The minimum Gasteiger partial charge on any atom is -0.207 e. The molecule has 0 saturated heterocycles. The van der Waals surface area contributed by atoms with Gasteiger partial charge in [-0.05, 0) is 84.3 Å².